The standard InChI is InChI=1S/C11H14O3/c1-12-7-6-9-4-5-10(13-2)11(8-9)14-3/h4-8H,1-3H3. The van der Waals surface area contributed by atoms with Crippen LogP contribution in [0.4, 0.5) is 0 Å². The lowest BCUT2D eigenvalue weighted by molar-refractivity contribution is 0.341. The SMILES string of the molecule is COC=Cc1ccc(OC)c(OC)c1. The molecular formula is C11H14O3. The van der Waals surface area contributed by atoms with Gasteiger partial charge in [-0.2, -0.15) is 0 Å². The van der Waals surface area contributed by atoms with Gasteiger partial charge in [-0.15, -0.1) is 0 Å². The van der Waals surface area contributed by atoms with Crippen LogP contribution < -0.4 is 9.47 Å². The Balaban J connectivity index is 2.95. The van der Waals surface area contributed by atoms with Crippen molar-refractivity contribution in [2.45, 2.75) is 0 Å². The predicted molar refractivity (Wildman–Crippen MR) is 55.6 cm³/mol. The molecule has 1 aromatic carbocycles. The van der Waals surface area contributed by atoms with Crippen molar-refractivity contribution in [1.82, 2.24) is 0 Å². The zero-order valence-corrected chi connectivity index (χ0v) is 8.61. The van der Waals surface area contributed by atoms with Crippen LogP contribution in [-0.4, -0.2) is 21.3 Å². The minimum absolute atomic E-state index is 0.714. The molecule has 0 saturated carbocycles. The Kier molecular flexibility index (Phi) is 3.85. The van der Waals surface area contributed by atoms with Gasteiger partial charge in [-0.3, -0.25) is 0 Å². The first kappa shape index (κ1) is 10.4. The molecule has 1 aromatic rings. The Labute approximate surface area is 83.9 Å². The molecule has 0 saturated heterocycles. The third-order valence-corrected chi connectivity index (χ3v) is 1.80. The quantitative estimate of drug-likeness (QED) is 0.688. The lowest BCUT2D eigenvalue weighted by Gasteiger charge is -2.07. The molecule has 1 rings (SSSR count). The second kappa shape index (κ2) is 5.17. The molecule has 0 aliphatic carbocycles. The summed E-state index contributed by atoms with van der Waals surface area (Å²) in [5.74, 6) is 1.44. The third kappa shape index (κ3) is 2.42. The fourth-order valence-electron chi connectivity index (χ4n) is 1.10. The molecule has 3 nitrogen and oxygen atoms in total. The molecule has 0 spiro atoms. The number of ether oxygens (including phenoxy) is 3. The van der Waals surface area contributed by atoms with Gasteiger partial charge in [0.15, 0.2) is 11.5 Å². The molecule has 0 heterocycles. The van der Waals surface area contributed by atoms with Crippen molar-refractivity contribution >= 4 is 6.08 Å². The van der Waals surface area contributed by atoms with Crippen LogP contribution in [0, 0.1) is 0 Å². The molecular weight excluding hydrogens is 180 g/mol. The summed E-state index contributed by atoms with van der Waals surface area (Å²) in [5, 5.41) is 0. The van der Waals surface area contributed by atoms with Crippen LogP contribution >= 0.6 is 0 Å². The lowest BCUT2D eigenvalue weighted by atomic mass is 10.2. The van der Waals surface area contributed by atoms with E-state index >= 15 is 0 Å². The zero-order valence-electron chi connectivity index (χ0n) is 8.61. The van der Waals surface area contributed by atoms with Crippen LogP contribution in [0.15, 0.2) is 24.5 Å². The van der Waals surface area contributed by atoms with Gasteiger partial charge in [0, 0.05) is 0 Å². The first-order valence-corrected chi connectivity index (χ1v) is 4.23. The first-order valence-electron chi connectivity index (χ1n) is 4.23. The minimum atomic E-state index is 0.714. The number of hydrogen-bond acceptors (Lipinski definition) is 3. The van der Waals surface area contributed by atoms with Gasteiger partial charge in [0.1, 0.15) is 0 Å². The molecule has 0 aliphatic heterocycles. The maximum Gasteiger partial charge on any atom is 0.161 e. The van der Waals surface area contributed by atoms with E-state index < -0.39 is 0 Å². The highest BCUT2D eigenvalue weighted by atomic mass is 16.5. The van der Waals surface area contributed by atoms with Crippen LogP contribution in [-0.2, 0) is 4.74 Å². The number of hydrogen-bond donors (Lipinski definition) is 0. The van der Waals surface area contributed by atoms with Crippen LogP contribution in [0.25, 0.3) is 6.08 Å². The highest BCUT2D eigenvalue weighted by Gasteiger charge is 2.02. The number of rotatable bonds is 4. The average molecular weight is 194 g/mol. The summed E-state index contributed by atoms with van der Waals surface area (Å²) in [4.78, 5) is 0. The molecule has 76 valence electrons. The molecule has 0 fully saturated rings. The van der Waals surface area contributed by atoms with Crippen molar-refractivity contribution in [3.8, 4) is 11.5 Å². The molecule has 0 atom stereocenters. The average Bonchev–Trinajstić information content (AvgIpc) is 2.25. The number of benzene rings is 1. The molecule has 0 radical (unpaired) electrons. The largest absolute Gasteiger partial charge is 0.504 e. The summed E-state index contributed by atoms with van der Waals surface area (Å²) < 4.78 is 15.1. The van der Waals surface area contributed by atoms with Crippen LogP contribution in [0.1, 0.15) is 5.56 Å². The summed E-state index contributed by atoms with van der Waals surface area (Å²) in [5.41, 5.74) is 1.00. The molecule has 0 aliphatic rings. The lowest BCUT2D eigenvalue weighted by Crippen LogP contribution is -1.90. The predicted octanol–water partition coefficient (Wildman–Crippen LogP) is 2.32. The molecule has 0 amide bonds. The van der Waals surface area contributed by atoms with E-state index in [-0.39, 0.29) is 0 Å². The molecule has 3 heteroatoms. The first-order chi connectivity index (χ1) is 6.81. The van der Waals surface area contributed by atoms with Gasteiger partial charge in [0.25, 0.3) is 0 Å². The highest BCUT2D eigenvalue weighted by Crippen LogP contribution is 2.27. The molecule has 0 unspecified atom stereocenters. The molecule has 0 aromatic heterocycles. The van der Waals surface area contributed by atoms with E-state index in [1.165, 1.54) is 0 Å². The van der Waals surface area contributed by atoms with Crippen LogP contribution in [0.5, 0.6) is 11.5 Å². The van der Waals surface area contributed by atoms with E-state index in [0.717, 1.165) is 11.3 Å². The normalized spacial score (nSPS) is 10.2. The molecule has 0 bridgehead atoms. The maximum absolute atomic E-state index is 5.16. The van der Waals surface area contributed by atoms with Crippen molar-refractivity contribution < 1.29 is 14.2 Å². The highest BCUT2D eigenvalue weighted by molar-refractivity contribution is 5.55. The van der Waals surface area contributed by atoms with Gasteiger partial charge in [-0.05, 0) is 23.8 Å². The minimum Gasteiger partial charge on any atom is -0.504 e. The fraction of sp³-hybridized carbons (Fsp3) is 0.273. The Morgan fingerprint density at radius 1 is 1.00 bits per heavy atom. The Morgan fingerprint density at radius 3 is 2.29 bits per heavy atom. The zero-order chi connectivity index (χ0) is 10.4. The van der Waals surface area contributed by atoms with E-state index in [9.17, 15) is 0 Å². The summed E-state index contributed by atoms with van der Waals surface area (Å²) in [7, 11) is 4.83. The van der Waals surface area contributed by atoms with Gasteiger partial charge in [0.2, 0.25) is 0 Å². The van der Waals surface area contributed by atoms with E-state index in [0.29, 0.717) is 5.75 Å². The van der Waals surface area contributed by atoms with E-state index in [4.69, 9.17) is 14.2 Å². The van der Waals surface area contributed by atoms with Crippen molar-refractivity contribution in [3.05, 3.63) is 30.0 Å². The van der Waals surface area contributed by atoms with Crippen molar-refractivity contribution in [2.24, 2.45) is 0 Å². The van der Waals surface area contributed by atoms with Gasteiger partial charge >= 0.3 is 0 Å². The van der Waals surface area contributed by atoms with Crippen molar-refractivity contribution in [2.75, 3.05) is 21.3 Å². The monoisotopic (exact) mass is 194 g/mol. The Hall–Kier alpha value is -1.64. The summed E-state index contributed by atoms with van der Waals surface area (Å²) in [6, 6.07) is 5.67. The Bertz CT molecular complexity index is 318. The second-order valence-corrected chi connectivity index (χ2v) is 2.65. The fourth-order valence-corrected chi connectivity index (χ4v) is 1.10. The Morgan fingerprint density at radius 2 is 1.71 bits per heavy atom. The molecule has 14 heavy (non-hydrogen) atoms. The van der Waals surface area contributed by atoms with Gasteiger partial charge in [-0.25, -0.2) is 0 Å². The summed E-state index contributed by atoms with van der Waals surface area (Å²) >= 11 is 0. The van der Waals surface area contributed by atoms with Crippen LogP contribution in [0.2, 0.25) is 0 Å². The van der Waals surface area contributed by atoms with Gasteiger partial charge < -0.3 is 14.2 Å². The van der Waals surface area contributed by atoms with E-state index in [1.807, 2.05) is 24.3 Å². The van der Waals surface area contributed by atoms with Crippen molar-refractivity contribution in [1.29, 1.82) is 0 Å². The number of methoxy groups -OCH3 is 3. The summed E-state index contributed by atoms with van der Waals surface area (Å²) in [6.07, 6.45) is 3.46. The van der Waals surface area contributed by atoms with Gasteiger partial charge in [0.05, 0.1) is 27.6 Å². The van der Waals surface area contributed by atoms with Crippen molar-refractivity contribution in [3.63, 3.8) is 0 Å². The topological polar surface area (TPSA) is 27.7 Å². The maximum atomic E-state index is 5.16. The van der Waals surface area contributed by atoms with Crippen LogP contribution in [0.3, 0.4) is 0 Å². The third-order valence-electron chi connectivity index (χ3n) is 1.80. The smallest absolute Gasteiger partial charge is 0.161 e. The van der Waals surface area contributed by atoms with E-state index in [2.05, 4.69) is 0 Å². The van der Waals surface area contributed by atoms with E-state index in [1.54, 1.807) is 27.6 Å². The van der Waals surface area contributed by atoms with Gasteiger partial charge in [-0.1, -0.05) is 6.07 Å². The molecule has 0 N–H and O–H groups in total. The summed E-state index contributed by atoms with van der Waals surface area (Å²) in [6.45, 7) is 0. The second-order valence-electron chi connectivity index (χ2n) is 2.65.